The van der Waals surface area contributed by atoms with Gasteiger partial charge in [0.15, 0.2) is 17.3 Å². The molecule has 0 spiro atoms. The second-order valence-electron chi connectivity index (χ2n) is 8.47. The molecule has 5 rings (SSSR count). The van der Waals surface area contributed by atoms with E-state index in [2.05, 4.69) is 44.5 Å². The lowest BCUT2D eigenvalue weighted by Crippen LogP contribution is -2.48. The summed E-state index contributed by atoms with van der Waals surface area (Å²) in [6.07, 6.45) is 1.15. The van der Waals surface area contributed by atoms with Crippen LogP contribution in [0.25, 0.3) is 11.5 Å². The lowest BCUT2D eigenvalue weighted by atomic mass is 10.1. The Morgan fingerprint density at radius 3 is 2.42 bits per heavy atom. The number of carbonyl (C=O) groups is 1. The Hall–Kier alpha value is -3.75. The van der Waals surface area contributed by atoms with Crippen LogP contribution in [0.5, 0.6) is 0 Å². The van der Waals surface area contributed by atoms with Crippen LogP contribution in [0, 0.1) is 20.8 Å². The van der Waals surface area contributed by atoms with E-state index in [0.29, 0.717) is 24.3 Å². The minimum Gasteiger partial charge on any atom is -0.368 e. The number of anilines is 1. The first kappa shape index (κ1) is 21.1. The van der Waals surface area contributed by atoms with Crippen LogP contribution in [-0.2, 0) is 11.2 Å². The van der Waals surface area contributed by atoms with Crippen molar-refractivity contribution in [2.75, 3.05) is 31.1 Å². The van der Waals surface area contributed by atoms with Crippen LogP contribution < -0.4 is 4.90 Å². The maximum atomic E-state index is 12.9. The molecule has 1 aromatic carbocycles. The normalized spacial score (nSPS) is 14.3. The second-order valence-corrected chi connectivity index (χ2v) is 8.47. The van der Waals surface area contributed by atoms with E-state index in [0.717, 1.165) is 49.0 Å². The van der Waals surface area contributed by atoms with E-state index in [9.17, 15) is 4.79 Å². The number of hydrogen-bond acceptors (Lipinski definition) is 6. The summed E-state index contributed by atoms with van der Waals surface area (Å²) in [6.45, 7) is 9.13. The molecule has 4 aromatic rings. The van der Waals surface area contributed by atoms with E-state index in [1.807, 2.05) is 48.6 Å². The second kappa shape index (κ2) is 8.65. The molecular formula is C24H28N8O. The topological polar surface area (TPSA) is 84.4 Å². The Morgan fingerprint density at radius 1 is 0.909 bits per heavy atom. The predicted octanol–water partition coefficient (Wildman–Crippen LogP) is 2.52. The fraction of sp³-hybridized carbons (Fsp3) is 0.375. The van der Waals surface area contributed by atoms with Crippen molar-refractivity contribution in [3.8, 4) is 5.82 Å². The highest BCUT2D eigenvalue weighted by Crippen LogP contribution is 2.20. The molecule has 33 heavy (non-hydrogen) atoms. The van der Waals surface area contributed by atoms with Crippen LogP contribution in [0.1, 0.15) is 29.2 Å². The number of fused-ring (bicyclic) bond motifs is 1. The smallest absolute Gasteiger partial charge is 0.223 e. The first-order valence-corrected chi connectivity index (χ1v) is 11.3. The van der Waals surface area contributed by atoms with Gasteiger partial charge in [-0.05, 0) is 57.0 Å². The van der Waals surface area contributed by atoms with Crippen LogP contribution in [0.2, 0.25) is 0 Å². The van der Waals surface area contributed by atoms with Gasteiger partial charge in [0.05, 0.1) is 5.69 Å². The van der Waals surface area contributed by atoms with Gasteiger partial charge in [0, 0.05) is 44.0 Å². The monoisotopic (exact) mass is 444 g/mol. The van der Waals surface area contributed by atoms with Gasteiger partial charge in [-0.1, -0.05) is 18.2 Å². The van der Waals surface area contributed by atoms with Crippen molar-refractivity contribution in [1.82, 2.24) is 34.5 Å². The van der Waals surface area contributed by atoms with Gasteiger partial charge in [0.2, 0.25) is 5.91 Å². The summed E-state index contributed by atoms with van der Waals surface area (Å²) in [6, 6.07) is 14.2. The van der Waals surface area contributed by atoms with Crippen LogP contribution in [-0.4, -0.2) is 66.6 Å². The fourth-order valence-electron chi connectivity index (χ4n) is 4.50. The average Bonchev–Trinajstić information content (AvgIpc) is 3.36. The molecule has 170 valence electrons. The molecule has 4 heterocycles. The van der Waals surface area contributed by atoms with E-state index in [1.54, 1.807) is 4.52 Å². The summed E-state index contributed by atoms with van der Waals surface area (Å²) in [5.74, 6) is 1.64. The quantitative estimate of drug-likeness (QED) is 0.470. The summed E-state index contributed by atoms with van der Waals surface area (Å²) in [4.78, 5) is 17.2. The maximum Gasteiger partial charge on any atom is 0.223 e. The Kier molecular flexibility index (Phi) is 5.53. The number of benzene rings is 1. The first-order chi connectivity index (χ1) is 16.0. The van der Waals surface area contributed by atoms with Crippen molar-refractivity contribution in [2.45, 2.75) is 33.6 Å². The predicted molar refractivity (Wildman–Crippen MR) is 126 cm³/mol. The van der Waals surface area contributed by atoms with Gasteiger partial charge in [0.25, 0.3) is 0 Å². The Labute approximate surface area is 192 Å². The van der Waals surface area contributed by atoms with Crippen LogP contribution in [0.15, 0.2) is 42.5 Å². The van der Waals surface area contributed by atoms with Gasteiger partial charge in [-0.2, -0.15) is 9.61 Å². The molecule has 0 radical (unpaired) electrons. The summed E-state index contributed by atoms with van der Waals surface area (Å²) in [5.41, 5.74) is 4.96. The highest BCUT2D eigenvalue weighted by molar-refractivity contribution is 5.77. The summed E-state index contributed by atoms with van der Waals surface area (Å²) in [5, 5.41) is 17.5. The number of nitrogens with zero attached hydrogens (tertiary/aromatic N) is 8. The molecule has 0 N–H and O–H groups in total. The third kappa shape index (κ3) is 4.06. The SMILES string of the molecule is Cc1nn(-c2ccc3nnc(C)n3n2)c(C)c1CCC(=O)N1CCN(c2ccccc2)CC1. The van der Waals surface area contributed by atoms with Crippen molar-refractivity contribution in [3.63, 3.8) is 0 Å². The number of aryl methyl sites for hydroxylation is 2. The number of carbonyl (C=O) groups excluding carboxylic acids is 1. The van der Waals surface area contributed by atoms with E-state index in [4.69, 9.17) is 5.10 Å². The van der Waals surface area contributed by atoms with E-state index in [1.165, 1.54) is 5.69 Å². The van der Waals surface area contributed by atoms with Crippen molar-refractivity contribution in [1.29, 1.82) is 0 Å². The minimum absolute atomic E-state index is 0.203. The lowest BCUT2D eigenvalue weighted by molar-refractivity contribution is -0.131. The Balaban J connectivity index is 1.24. The van der Waals surface area contributed by atoms with Gasteiger partial charge < -0.3 is 9.80 Å². The highest BCUT2D eigenvalue weighted by Gasteiger charge is 2.22. The van der Waals surface area contributed by atoms with Gasteiger partial charge in [-0.25, -0.2) is 4.68 Å². The van der Waals surface area contributed by atoms with Gasteiger partial charge in [-0.15, -0.1) is 15.3 Å². The van der Waals surface area contributed by atoms with Crippen molar-refractivity contribution >= 4 is 17.2 Å². The maximum absolute atomic E-state index is 12.9. The fourth-order valence-corrected chi connectivity index (χ4v) is 4.50. The zero-order valence-electron chi connectivity index (χ0n) is 19.3. The molecule has 1 aliphatic rings. The van der Waals surface area contributed by atoms with E-state index in [-0.39, 0.29) is 5.91 Å². The third-order valence-corrected chi connectivity index (χ3v) is 6.41. The standard InChI is InChI=1S/C24H28N8O/c1-17-21(18(2)31(27-17)23-11-10-22-26-25-19(3)32(22)28-23)9-12-24(33)30-15-13-29(14-16-30)20-7-5-4-6-8-20/h4-8,10-11H,9,12-16H2,1-3H3. The molecule has 0 saturated carbocycles. The number of amides is 1. The molecule has 1 saturated heterocycles. The summed E-state index contributed by atoms with van der Waals surface area (Å²) >= 11 is 0. The Bertz CT molecular complexity index is 1280. The van der Waals surface area contributed by atoms with Crippen molar-refractivity contribution in [2.24, 2.45) is 0 Å². The van der Waals surface area contributed by atoms with Crippen LogP contribution in [0.3, 0.4) is 0 Å². The summed E-state index contributed by atoms with van der Waals surface area (Å²) in [7, 11) is 0. The molecule has 0 unspecified atom stereocenters. The van der Waals surface area contributed by atoms with Crippen LogP contribution >= 0.6 is 0 Å². The van der Waals surface area contributed by atoms with E-state index < -0.39 is 0 Å². The van der Waals surface area contributed by atoms with E-state index >= 15 is 0 Å². The molecule has 1 amide bonds. The zero-order valence-corrected chi connectivity index (χ0v) is 19.3. The van der Waals surface area contributed by atoms with Gasteiger partial charge >= 0.3 is 0 Å². The largest absolute Gasteiger partial charge is 0.368 e. The van der Waals surface area contributed by atoms with Crippen molar-refractivity contribution in [3.05, 3.63) is 65.2 Å². The number of rotatable bonds is 5. The number of para-hydroxylation sites is 1. The number of hydrogen-bond donors (Lipinski definition) is 0. The van der Waals surface area contributed by atoms with Gasteiger partial charge in [-0.3, -0.25) is 4.79 Å². The number of aromatic nitrogens is 6. The lowest BCUT2D eigenvalue weighted by Gasteiger charge is -2.36. The third-order valence-electron chi connectivity index (χ3n) is 6.41. The zero-order chi connectivity index (χ0) is 22.9. The molecule has 1 aliphatic heterocycles. The molecule has 3 aromatic heterocycles. The molecule has 9 nitrogen and oxygen atoms in total. The highest BCUT2D eigenvalue weighted by atomic mass is 16.2. The minimum atomic E-state index is 0.203. The Morgan fingerprint density at radius 2 is 1.67 bits per heavy atom. The molecule has 0 aliphatic carbocycles. The number of piperazine rings is 1. The molecule has 1 fully saturated rings. The molecule has 0 bridgehead atoms. The summed E-state index contributed by atoms with van der Waals surface area (Å²) < 4.78 is 3.55. The first-order valence-electron chi connectivity index (χ1n) is 11.3. The van der Waals surface area contributed by atoms with Crippen LogP contribution in [0.4, 0.5) is 5.69 Å². The average molecular weight is 445 g/mol. The molecule has 0 atom stereocenters. The molecule has 9 heteroatoms. The van der Waals surface area contributed by atoms with Gasteiger partial charge in [0.1, 0.15) is 0 Å². The molecular weight excluding hydrogens is 416 g/mol. The van der Waals surface area contributed by atoms with Crippen molar-refractivity contribution < 1.29 is 4.79 Å².